The van der Waals surface area contributed by atoms with E-state index in [1.807, 2.05) is 18.2 Å². The number of nitrogens with zero attached hydrogens (tertiary/aromatic N) is 1. The quantitative estimate of drug-likeness (QED) is 0.806. The van der Waals surface area contributed by atoms with E-state index < -0.39 is 12.0 Å². The van der Waals surface area contributed by atoms with Crippen molar-refractivity contribution >= 4 is 28.8 Å². The predicted octanol–water partition coefficient (Wildman–Crippen LogP) is 2.84. The lowest BCUT2D eigenvalue weighted by Crippen LogP contribution is -2.43. The largest absolute Gasteiger partial charge is 0.480 e. The highest BCUT2D eigenvalue weighted by atomic mass is 32.2. The third-order valence-electron chi connectivity index (χ3n) is 4.60. The lowest BCUT2D eigenvalue weighted by atomic mass is 9.97. The third kappa shape index (κ3) is 5.59. The van der Waals surface area contributed by atoms with Crippen molar-refractivity contribution < 1.29 is 19.5 Å². The summed E-state index contributed by atoms with van der Waals surface area (Å²) >= 11 is 1.11. The van der Waals surface area contributed by atoms with Crippen LogP contribution < -0.4 is 0 Å². The summed E-state index contributed by atoms with van der Waals surface area (Å²) in [5.74, 6) is -0.877. The number of carbonyl (C=O) groups excluding carboxylic acids is 2. The first-order valence-corrected chi connectivity index (χ1v) is 9.57. The first-order valence-electron chi connectivity index (χ1n) is 8.59. The van der Waals surface area contributed by atoms with Crippen LogP contribution in [-0.4, -0.2) is 45.3 Å². The Morgan fingerprint density at radius 1 is 1.28 bits per heavy atom. The van der Waals surface area contributed by atoms with Gasteiger partial charge in [0.2, 0.25) is 5.91 Å². The molecule has 6 heteroatoms. The van der Waals surface area contributed by atoms with Gasteiger partial charge in [0.05, 0.1) is 0 Å². The fourth-order valence-electron chi connectivity index (χ4n) is 3.22. The van der Waals surface area contributed by atoms with Crippen molar-refractivity contribution in [1.82, 2.24) is 4.90 Å². The Bertz CT molecular complexity index is 619. The van der Waals surface area contributed by atoms with Gasteiger partial charge in [0.1, 0.15) is 6.04 Å². The molecule has 0 aromatic heterocycles. The normalized spacial score (nSPS) is 21.1. The van der Waals surface area contributed by atoms with Crippen LogP contribution >= 0.6 is 11.8 Å². The highest BCUT2D eigenvalue weighted by Gasteiger charge is 2.40. The van der Waals surface area contributed by atoms with Crippen molar-refractivity contribution in [2.24, 2.45) is 11.8 Å². The summed E-state index contributed by atoms with van der Waals surface area (Å²) in [5, 5.41) is 9.45. The molecule has 3 atom stereocenters. The van der Waals surface area contributed by atoms with Crippen molar-refractivity contribution in [3.63, 3.8) is 0 Å². The molecule has 0 radical (unpaired) electrons. The van der Waals surface area contributed by atoms with Gasteiger partial charge >= 0.3 is 5.97 Å². The van der Waals surface area contributed by atoms with E-state index in [-0.39, 0.29) is 22.9 Å². The zero-order valence-electron chi connectivity index (χ0n) is 14.7. The number of carbonyl (C=O) groups is 3. The van der Waals surface area contributed by atoms with Gasteiger partial charge in [-0.1, -0.05) is 49.0 Å². The number of amides is 1. The van der Waals surface area contributed by atoms with Gasteiger partial charge in [-0.2, -0.15) is 0 Å². The number of aliphatic carboxylic acids is 1. The molecule has 2 unspecified atom stereocenters. The van der Waals surface area contributed by atoms with Crippen LogP contribution in [0, 0.1) is 11.8 Å². The lowest BCUT2D eigenvalue weighted by Gasteiger charge is -2.24. The maximum absolute atomic E-state index is 12.6. The average Bonchev–Trinajstić information content (AvgIpc) is 3.02. The summed E-state index contributed by atoms with van der Waals surface area (Å²) in [4.78, 5) is 36.8. The predicted molar refractivity (Wildman–Crippen MR) is 98.3 cm³/mol. The monoisotopic (exact) mass is 363 g/mol. The van der Waals surface area contributed by atoms with Crippen molar-refractivity contribution in [3.8, 4) is 0 Å². The van der Waals surface area contributed by atoms with E-state index in [0.29, 0.717) is 18.7 Å². The van der Waals surface area contributed by atoms with Crippen molar-refractivity contribution in [2.75, 3.05) is 12.3 Å². The number of benzene rings is 1. The first-order chi connectivity index (χ1) is 11.9. The zero-order valence-corrected chi connectivity index (χ0v) is 15.5. The Morgan fingerprint density at radius 2 is 1.96 bits per heavy atom. The maximum atomic E-state index is 12.6. The third-order valence-corrected chi connectivity index (χ3v) is 5.67. The number of hydrogen-bond acceptors (Lipinski definition) is 4. The fraction of sp³-hybridized carbons (Fsp3) is 0.526. The molecule has 0 saturated carbocycles. The number of likely N-dealkylation sites (tertiary alicyclic amines) is 1. The molecule has 1 aliphatic heterocycles. The van der Waals surface area contributed by atoms with Gasteiger partial charge in [-0.15, -0.1) is 0 Å². The second-order valence-electron chi connectivity index (χ2n) is 6.67. The summed E-state index contributed by atoms with van der Waals surface area (Å²) in [6, 6.07) is 9.34. The smallest absolute Gasteiger partial charge is 0.326 e. The molecule has 136 valence electrons. The van der Waals surface area contributed by atoms with Gasteiger partial charge in [0, 0.05) is 25.1 Å². The molecule has 0 spiro atoms. The number of rotatable bonds is 7. The molecule has 1 heterocycles. The molecule has 5 nitrogen and oxygen atoms in total. The lowest BCUT2D eigenvalue weighted by molar-refractivity contribution is -0.149. The van der Waals surface area contributed by atoms with Crippen LogP contribution in [0.1, 0.15) is 32.3 Å². The average molecular weight is 363 g/mol. The SMILES string of the molecule is CC(=O)SCC(C)C(=O)N1CC(CCc2ccccc2)C[C@H]1C(=O)O. The van der Waals surface area contributed by atoms with Gasteiger partial charge in [-0.05, 0) is 30.7 Å². The van der Waals surface area contributed by atoms with Crippen LogP contribution in [0.25, 0.3) is 0 Å². The van der Waals surface area contributed by atoms with Gasteiger partial charge in [0.15, 0.2) is 5.12 Å². The summed E-state index contributed by atoms with van der Waals surface area (Å²) in [5.41, 5.74) is 1.23. The number of carboxylic acids is 1. The Kier molecular flexibility index (Phi) is 7.05. The van der Waals surface area contributed by atoms with Crippen LogP contribution in [0.5, 0.6) is 0 Å². The minimum Gasteiger partial charge on any atom is -0.480 e. The Labute approximate surface area is 152 Å². The van der Waals surface area contributed by atoms with Gasteiger partial charge < -0.3 is 10.0 Å². The summed E-state index contributed by atoms with van der Waals surface area (Å²) < 4.78 is 0. The second-order valence-corrected chi connectivity index (χ2v) is 7.87. The molecule has 1 fully saturated rings. The Hall–Kier alpha value is -1.82. The van der Waals surface area contributed by atoms with Crippen molar-refractivity contribution in [1.29, 1.82) is 0 Å². The standard InChI is InChI=1S/C19H25NO4S/c1-13(12-25-14(2)21)18(22)20-11-16(10-17(20)19(23)24)9-8-15-6-4-3-5-7-15/h3-7,13,16-17H,8-12H2,1-2H3,(H,23,24)/t13?,16?,17-/m0/s1. The molecule has 1 aromatic carbocycles. The van der Waals surface area contributed by atoms with Crippen LogP contribution in [0.15, 0.2) is 30.3 Å². The van der Waals surface area contributed by atoms with E-state index in [9.17, 15) is 19.5 Å². The molecule has 0 aliphatic carbocycles. The number of thioether (sulfide) groups is 1. The molecule has 1 N–H and O–H groups in total. The van der Waals surface area contributed by atoms with Crippen molar-refractivity contribution in [2.45, 2.75) is 39.2 Å². The summed E-state index contributed by atoms with van der Waals surface area (Å²) in [6.07, 6.45) is 2.25. The van der Waals surface area contributed by atoms with Crippen LogP contribution in [0.4, 0.5) is 0 Å². The van der Waals surface area contributed by atoms with Crippen LogP contribution in [0.2, 0.25) is 0 Å². The first kappa shape index (κ1) is 19.5. The van der Waals surface area contributed by atoms with Gasteiger partial charge in [-0.3, -0.25) is 9.59 Å². The minimum atomic E-state index is -0.943. The molecular weight excluding hydrogens is 338 g/mol. The van der Waals surface area contributed by atoms with E-state index in [4.69, 9.17) is 0 Å². The molecule has 2 rings (SSSR count). The molecule has 1 aliphatic rings. The maximum Gasteiger partial charge on any atom is 0.326 e. The molecule has 1 amide bonds. The van der Waals surface area contributed by atoms with Crippen molar-refractivity contribution in [3.05, 3.63) is 35.9 Å². The number of hydrogen-bond donors (Lipinski definition) is 1. The zero-order chi connectivity index (χ0) is 18.4. The Balaban J connectivity index is 1.95. The molecule has 0 bridgehead atoms. The summed E-state index contributed by atoms with van der Waals surface area (Å²) in [6.45, 7) is 3.71. The molecule has 1 aromatic rings. The topological polar surface area (TPSA) is 74.7 Å². The fourth-order valence-corrected chi connectivity index (χ4v) is 3.85. The molecular formula is C19H25NO4S. The van der Waals surface area contributed by atoms with E-state index in [0.717, 1.165) is 24.6 Å². The Morgan fingerprint density at radius 3 is 2.56 bits per heavy atom. The number of carboxylic acid groups (broad SMARTS) is 1. The number of aryl methyl sites for hydroxylation is 1. The highest BCUT2D eigenvalue weighted by molar-refractivity contribution is 8.13. The van der Waals surface area contributed by atoms with E-state index in [1.54, 1.807) is 6.92 Å². The van der Waals surface area contributed by atoms with Gasteiger partial charge in [-0.25, -0.2) is 4.79 Å². The molecule has 1 saturated heterocycles. The van der Waals surface area contributed by atoms with E-state index >= 15 is 0 Å². The van der Waals surface area contributed by atoms with E-state index in [2.05, 4.69) is 12.1 Å². The van der Waals surface area contributed by atoms with Gasteiger partial charge in [0.25, 0.3) is 0 Å². The van der Waals surface area contributed by atoms with Crippen LogP contribution in [-0.2, 0) is 20.8 Å². The van der Waals surface area contributed by atoms with E-state index in [1.165, 1.54) is 17.4 Å². The molecule has 25 heavy (non-hydrogen) atoms. The van der Waals surface area contributed by atoms with Crippen LogP contribution in [0.3, 0.4) is 0 Å². The summed E-state index contributed by atoms with van der Waals surface area (Å²) in [7, 11) is 0. The minimum absolute atomic E-state index is 0.0309. The highest BCUT2D eigenvalue weighted by Crippen LogP contribution is 2.29. The second kappa shape index (κ2) is 9.04.